The number of nitrogens with one attached hydrogen (secondary N) is 2. The first-order valence-electron chi connectivity index (χ1n) is 10.5. The third-order valence-electron chi connectivity index (χ3n) is 4.95. The number of anilines is 1. The lowest BCUT2D eigenvalue weighted by Gasteiger charge is -2.26. The Kier molecular flexibility index (Phi) is 8.84. The molecule has 0 unspecified atom stereocenters. The molecule has 0 spiro atoms. The molecule has 3 rings (SSSR count). The van der Waals surface area contributed by atoms with Crippen molar-refractivity contribution in [2.75, 3.05) is 44.7 Å². The maximum Gasteiger partial charge on any atom is 0.321 e. The summed E-state index contributed by atoms with van der Waals surface area (Å²) in [6.07, 6.45) is 0.670. The lowest BCUT2D eigenvalue weighted by atomic mass is 10.2. The van der Waals surface area contributed by atoms with Gasteiger partial charge in [-0.3, -0.25) is 14.5 Å². The van der Waals surface area contributed by atoms with E-state index in [1.165, 1.54) is 0 Å². The molecule has 1 saturated heterocycles. The Labute approximate surface area is 182 Å². The van der Waals surface area contributed by atoms with Crippen LogP contribution < -0.4 is 15.4 Å². The molecule has 166 valence electrons. The van der Waals surface area contributed by atoms with E-state index in [4.69, 9.17) is 9.47 Å². The number of benzene rings is 2. The van der Waals surface area contributed by atoms with Crippen LogP contribution in [0.15, 0.2) is 54.6 Å². The topological polar surface area (TPSA) is 100 Å². The molecule has 1 atom stereocenters. The highest BCUT2D eigenvalue weighted by atomic mass is 16.5. The molecule has 0 radical (unpaired) electrons. The van der Waals surface area contributed by atoms with Gasteiger partial charge in [0.2, 0.25) is 5.91 Å². The summed E-state index contributed by atoms with van der Waals surface area (Å²) < 4.78 is 11.0. The van der Waals surface area contributed by atoms with E-state index >= 15 is 0 Å². The summed E-state index contributed by atoms with van der Waals surface area (Å²) in [5.74, 6) is -0.0178. The van der Waals surface area contributed by atoms with Gasteiger partial charge in [-0.15, -0.1) is 0 Å². The predicted octanol–water partition coefficient (Wildman–Crippen LogP) is 2.57. The first-order chi connectivity index (χ1) is 15.1. The van der Waals surface area contributed by atoms with E-state index in [0.717, 1.165) is 45.0 Å². The molecule has 1 aliphatic rings. The summed E-state index contributed by atoms with van der Waals surface area (Å²) >= 11 is 0. The number of amides is 1. The van der Waals surface area contributed by atoms with Gasteiger partial charge in [-0.05, 0) is 55.9 Å². The number of hydrogen-bond donors (Lipinski definition) is 3. The molecule has 8 heteroatoms. The number of aliphatic carboxylic acids is 1. The molecule has 0 aliphatic carbocycles. The number of ether oxygens (including phenoxy) is 2. The minimum Gasteiger partial charge on any atom is -0.480 e. The number of carboxylic acids is 1. The average Bonchev–Trinajstić information content (AvgIpc) is 2.78. The molecule has 0 saturated carbocycles. The van der Waals surface area contributed by atoms with Crippen LogP contribution in [0.25, 0.3) is 0 Å². The molecule has 8 nitrogen and oxygen atoms in total. The minimum absolute atomic E-state index is 0.144. The number of carbonyl (C=O) groups is 2. The van der Waals surface area contributed by atoms with Crippen LogP contribution in [-0.4, -0.2) is 67.3 Å². The van der Waals surface area contributed by atoms with Crippen molar-refractivity contribution in [2.24, 2.45) is 0 Å². The van der Waals surface area contributed by atoms with Gasteiger partial charge >= 0.3 is 5.97 Å². The highest BCUT2D eigenvalue weighted by Crippen LogP contribution is 2.22. The summed E-state index contributed by atoms with van der Waals surface area (Å²) in [6, 6.07) is 15.4. The van der Waals surface area contributed by atoms with E-state index in [2.05, 4.69) is 15.5 Å². The zero-order chi connectivity index (χ0) is 21.9. The van der Waals surface area contributed by atoms with Crippen molar-refractivity contribution in [3.05, 3.63) is 54.6 Å². The normalized spacial score (nSPS) is 15.2. The average molecular weight is 428 g/mol. The molecule has 3 N–H and O–H groups in total. The fraction of sp³-hybridized carbons (Fsp3) is 0.391. The Morgan fingerprint density at radius 2 is 1.71 bits per heavy atom. The van der Waals surface area contributed by atoms with Gasteiger partial charge in [0.25, 0.3) is 0 Å². The standard InChI is InChI=1S/C23H29N3O5/c27-22(17-21(23(28)29)24-11-4-12-26-13-15-30-16-14-26)25-18-7-9-20(10-8-18)31-19-5-2-1-3-6-19/h1-3,5-10,21,24H,4,11-17H2,(H,25,27)(H,28,29)/t21-/m1/s1. The fourth-order valence-corrected chi connectivity index (χ4v) is 3.28. The number of morpholine rings is 1. The van der Waals surface area contributed by atoms with Crippen molar-refractivity contribution in [3.63, 3.8) is 0 Å². The lowest BCUT2D eigenvalue weighted by Crippen LogP contribution is -2.42. The minimum atomic E-state index is -1.03. The molecular formula is C23H29N3O5. The van der Waals surface area contributed by atoms with Gasteiger partial charge in [-0.2, -0.15) is 0 Å². The van der Waals surface area contributed by atoms with E-state index < -0.39 is 12.0 Å². The lowest BCUT2D eigenvalue weighted by molar-refractivity contribution is -0.141. The highest BCUT2D eigenvalue weighted by molar-refractivity contribution is 5.94. The number of rotatable bonds is 11. The molecule has 0 aromatic heterocycles. The Balaban J connectivity index is 1.41. The largest absolute Gasteiger partial charge is 0.480 e. The molecular weight excluding hydrogens is 398 g/mol. The highest BCUT2D eigenvalue weighted by Gasteiger charge is 2.21. The smallest absolute Gasteiger partial charge is 0.321 e. The molecule has 1 amide bonds. The Morgan fingerprint density at radius 3 is 2.39 bits per heavy atom. The Hall–Kier alpha value is -2.94. The van der Waals surface area contributed by atoms with Crippen molar-refractivity contribution in [2.45, 2.75) is 18.9 Å². The molecule has 1 aliphatic heterocycles. The Bertz CT molecular complexity index is 823. The van der Waals surface area contributed by atoms with E-state index in [-0.39, 0.29) is 12.3 Å². The molecule has 1 heterocycles. The predicted molar refractivity (Wildman–Crippen MR) is 118 cm³/mol. The van der Waals surface area contributed by atoms with Gasteiger partial charge in [0.05, 0.1) is 19.6 Å². The second-order valence-corrected chi connectivity index (χ2v) is 7.34. The van der Waals surface area contributed by atoms with Crippen LogP contribution in [0.5, 0.6) is 11.5 Å². The van der Waals surface area contributed by atoms with Crippen molar-refractivity contribution < 1.29 is 24.2 Å². The third-order valence-corrected chi connectivity index (χ3v) is 4.95. The number of hydrogen-bond acceptors (Lipinski definition) is 6. The van der Waals surface area contributed by atoms with Crippen LogP contribution in [0.2, 0.25) is 0 Å². The molecule has 1 fully saturated rings. The third kappa shape index (κ3) is 8.01. The molecule has 2 aromatic rings. The van der Waals surface area contributed by atoms with Gasteiger partial charge in [0, 0.05) is 18.8 Å². The first-order valence-corrected chi connectivity index (χ1v) is 10.5. The second kappa shape index (κ2) is 12.0. The summed E-state index contributed by atoms with van der Waals surface area (Å²) in [5.41, 5.74) is 0.585. The maximum atomic E-state index is 12.3. The van der Waals surface area contributed by atoms with Gasteiger partial charge in [0.1, 0.15) is 17.5 Å². The SMILES string of the molecule is O=C(C[C@@H](NCCCN1CCOCC1)C(=O)O)Nc1ccc(Oc2ccccc2)cc1. The number of para-hydroxylation sites is 1. The van der Waals surface area contributed by atoms with E-state index in [0.29, 0.717) is 18.0 Å². The maximum absolute atomic E-state index is 12.3. The van der Waals surface area contributed by atoms with Gasteiger partial charge < -0.3 is 25.2 Å². The van der Waals surface area contributed by atoms with E-state index in [1.807, 2.05) is 30.3 Å². The summed E-state index contributed by atoms with van der Waals surface area (Å²) in [5, 5.41) is 15.1. The van der Waals surface area contributed by atoms with Crippen LogP contribution in [0, 0.1) is 0 Å². The van der Waals surface area contributed by atoms with Crippen LogP contribution in [-0.2, 0) is 14.3 Å². The van der Waals surface area contributed by atoms with Crippen LogP contribution in [0.1, 0.15) is 12.8 Å². The van der Waals surface area contributed by atoms with Crippen molar-refractivity contribution in [1.82, 2.24) is 10.2 Å². The number of carbonyl (C=O) groups excluding carboxylic acids is 1. The van der Waals surface area contributed by atoms with E-state index in [1.54, 1.807) is 24.3 Å². The quantitative estimate of drug-likeness (QED) is 0.474. The second-order valence-electron chi connectivity index (χ2n) is 7.34. The molecule has 0 bridgehead atoms. The van der Waals surface area contributed by atoms with Gasteiger partial charge in [-0.25, -0.2) is 0 Å². The van der Waals surface area contributed by atoms with Crippen molar-refractivity contribution in [1.29, 1.82) is 0 Å². The summed E-state index contributed by atoms with van der Waals surface area (Å²) in [6.45, 7) is 4.70. The fourth-order valence-electron chi connectivity index (χ4n) is 3.28. The van der Waals surface area contributed by atoms with Gasteiger partial charge in [-0.1, -0.05) is 18.2 Å². The van der Waals surface area contributed by atoms with Crippen LogP contribution in [0.3, 0.4) is 0 Å². The van der Waals surface area contributed by atoms with Crippen molar-refractivity contribution >= 4 is 17.6 Å². The molecule has 31 heavy (non-hydrogen) atoms. The zero-order valence-electron chi connectivity index (χ0n) is 17.5. The summed E-state index contributed by atoms with van der Waals surface area (Å²) in [4.78, 5) is 26.1. The van der Waals surface area contributed by atoms with Gasteiger partial charge in [0.15, 0.2) is 0 Å². The number of carboxylic acid groups (broad SMARTS) is 1. The van der Waals surface area contributed by atoms with Crippen molar-refractivity contribution in [3.8, 4) is 11.5 Å². The first kappa shape index (κ1) is 22.7. The summed E-state index contributed by atoms with van der Waals surface area (Å²) in [7, 11) is 0. The Morgan fingerprint density at radius 1 is 1.03 bits per heavy atom. The zero-order valence-corrected chi connectivity index (χ0v) is 17.5. The van der Waals surface area contributed by atoms with Crippen LogP contribution in [0.4, 0.5) is 5.69 Å². The molecule has 2 aromatic carbocycles. The monoisotopic (exact) mass is 427 g/mol. The number of nitrogens with zero attached hydrogens (tertiary/aromatic N) is 1. The van der Waals surface area contributed by atoms with E-state index in [9.17, 15) is 14.7 Å². The van der Waals surface area contributed by atoms with Crippen LogP contribution >= 0.6 is 0 Å².